The number of benzene rings is 1. The van der Waals surface area contributed by atoms with E-state index in [0.717, 1.165) is 29.5 Å². The van der Waals surface area contributed by atoms with Gasteiger partial charge in [-0.25, -0.2) is 4.68 Å². The van der Waals surface area contributed by atoms with E-state index in [1.165, 1.54) is 43.2 Å². The van der Waals surface area contributed by atoms with Crippen LogP contribution in [0.15, 0.2) is 48.8 Å². The van der Waals surface area contributed by atoms with Crippen LogP contribution in [-0.2, 0) is 6.61 Å². The molecule has 2 bridgehead atoms. The summed E-state index contributed by atoms with van der Waals surface area (Å²) in [5.41, 5.74) is 4.51. The van der Waals surface area contributed by atoms with Gasteiger partial charge in [0.25, 0.3) is 0 Å². The summed E-state index contributed by atoms with van der Waals surface area (Å²) in [6, 6.07) is 14.6. The Hall–Kier alpha value is -2.86. The van der Waals surface area contributed by atoms with E-state index < -0.39 is 0 Å². The first kappa shape index (κ1) is 18.9. The highest BCUT2D eigenvalue weighted by Crippen LogP contribution is 2.39. The lowest BCUT2D eigenvalue weighted by Crippen LogP contribution is -2.55. The normalized spacial score (nSPS) is 24.1. The van der Waals surface area contributed by atoms with Gasteiger partial charge in [-0.15, -0.1) is 0 Å². The standard InChI is InChI=1S/C25H29N5O/c1-2-29(21-14-18-5-3-6-19(15-21)27-18)24-10-9-23-22-8-7-20(30-12-4-11-26-30)13-17(22)16-31-25(23)28-24/h4,7-13,18-19,21,27H,2-3,5-6,14-16H2,1H3/t18-,19+,21-. The molecule has 6 rings (SSSR count). The van der Waals surface area contributed by atoms with Crippen LogP contribution in [0.2, 0.25) is 0 Å². The number of nitrogens with one attached hydrogen (secondary N) is 1. The van der Waals surface area contributed by atoms with Gasteiger partial charge >= 0.3 is 0 Å². The fourth-order valence-electron chi connectivity index (χ4n) is 5.68. The highest BCUT2D eigenvalue weighted by molar-refractivity contribution is 5.75. The third kappa shape index (κ3) is 3.39. The topological polar surface area (TPSA) is 55.2 Å². The predicted octanol–water partition coefficient (Wildman–Crippen LogP) is 4.33. The lowest BCUT2D eigenvalue weighted by atomic mass is 9.83. The molecule has 3 atom stereocenters. The zero-order chi connectivity index (χ0) is 20.8. The van der Waals surface area contributed by atoms with Crippen molar-refractivity contribution in [3.05, 3.63) is 54.4 Å². The van der Waals surface area contributed by atoms with Crippen LogP contribution in [0.1, 0.15) is 44.6 Å². The zero-order valence-electron chi connectivity index (χ0n) is 18.0. The molecule has 1 N–H and O–H groups in total. The van der Waals surface area contributed by atoms with Gasteiger partial charge in [0, 0.05) is 42.6 Å². The van der Waals surface area contributed by atoms with Crippen molar-refractivity contribution >= 4 is 5.82 Å². The molecule has 1 aromatic carbocycles. The molecule has 0 saturated carbocycles. The van der Waals surface area contributed by atoms with E-state index >= 15 is 0 Å². The molecule has 0 aliphatic carbocycles. The molecule has 0 radical (unpaired) electrons. The minimum absolute atomic E-state index is 0.539. The Morgan fingerprint density at radius 1 is 1.13 bits per heavy atom. The number of ether oxygens (including phenoxy) is 1. The van der Waals surface area contributed by atoms with E-state index in [1.54, 1.807) is 6.20 Å². The van der Waals surface area contributed by atoms with Gasteiger partial charge < -0.3 is 15.0 Å². The highest BCUT2D eigenvalue weighted by Gasteiger charge is 2.34. The molecule has 2 fully saturated rings. The van der Waals surface area contributed by atoms with E-state index in [9.17, 15) is 0 Å². The molecule has 5 heterocycles. The van der Waals surface area contributed by atoms with E-state index in [2.05, 4.69) is 52.6 Å². The molecule has 6 nitrogen and oxygen atoms in total. The van der Waals surface area contributed by atoms with Crippen molar-refractivity contribution in [1.29, 1.82) is 0 Å². The van der Waals surface area contributed by atoms with Gasteiger partial charge in [0.2, 0.25) is 5.88 Å². The molecular formula is C25H29N5O. The summed E-state index contributed by atoms with van der Waals surface area (Å²) in [4.78, 5) is 7.48. The maximum atomic E-state index is 6.14. The van der Waals surface area contributed by atoms with Crippen molar-refractivity contribution in [2.75, 3.05) is 11.4 Å². The summed E-state index contributed by atoms with van der Waals surface area (Å²) < 4.78 is 8.02. The number of pyridine rings is 1. The molecule has 0 amide bonds. The molecule has 0 spiro atoms. The Morgan fingerprint density at radius 2 is 1.97 bits per heavy atom. The smallest absolute Gasteiger partial charge is 0.223 e. The first-order chi connectivity index (χ1) is 15.3. The predicted molar refractivity (Wildman–Crippen MR) is 122 cm³/mol. The highest BCUT2D eigenvalue weighted by atomic mass is 16.5. The monoisotopic (exact) mass is 415 g/mol. The van der Waals surface area contributed by atoms with Crippen molar-refractivity contribution in [2.45, 2.75) is 63.8 Å². The van der Waals surface area contributed by atoms with Crippen LogP contribution in [-0.4, -0.2) is 39.4 Å². The largest absolute Gasteiger partial charge is 0.472 e. The third-order valence-electron chi connectivity index (χ3n) is 7.12. The van der Waals surface area contributed by atoms with Crippen molar-refractivity contribution in [3.8, 4) is 22.7 Å². The summed E-state index contributed by atoms with van der Waals surface area (Å²) in [6.07, 6.45) is 10.2. The fourth-order valence-corrected chi connectivity index (χ4v) is 5.68. The van der Waals surface area contributed by atoms with Crippen molar-refractivity contribution in [3.63, 3.8) is 0 Å². The number of aromatic nitrogens is 3. The number of rotatable bonds is 4. The molecule has 3 aromatic rings. The summed E-state index contributed by atoms with van der Waals surface area (Å²) in [7, 11) is 0. The number of anilines is 1. The van der Waals surface area contributed by atoms with Crippen molar-refractivity contribution in [2.24, 2.45) is 0 Å². The number of hydrogen-bond acceptors (Lipinski definition) is 5. The molecule has 160 valence electrons. The van der Waals surface area contributed by atoms with Gasteiger partial charge in [0.05, 0.1) is 5.69 Å². The van der Waals surface area contributed by atoms with Gasteiger partial charge in [-0.05, 0) is 74.1 Å². The second kappa shape index (κ2) is 7.68. The van der Waals surface area contributed by atoms with E-state index in [-0.39, 0.29) is 0 Å². The minimum Gasteiger partial charge on any atom is -0.472 e. The van der Waals surface area contributed by atoms with Crippen LogP contribution in [0.25, 0.3) is 16.8 Å². The number of piperidine rings is 2. The maximum Gasteiger partial charge on any atom is 0.223 e. The maximum absolute atomic E-state index is 6.14. The SMILES string of the molecule is CCN(c1ccc2c(n1)OCc1cc(-n3cccn3)ccc1-2)[C@@H]1C[C@H]2CCC[C@@H](C1)N2. The Morgan fingerprint density at radius 3 is 2.74 bits per heavy atom. The van der Waals surface area contributed by atoms with Crippen molar-refractivity contribution in [1.82, 2.24) is 20.1 Å². The van der Waals surface area contributed by atoms with Gasteiger partial charge in [-0.3, -0.25) is 0 Å². The van der Waals surface area contributed by atoms with Gasteiger partial charge in [-0.1, -0.05) is 12.5 Å². The van der Waals surface area contributed by atoms with Crippen LogP contribution >= 0.6 is 0 Å². The molecule has 31 heavy (non-hydrogen) atoms. The van der Waals surface area contributed by atoms with Gasteiger partial charge in [-0.2, -0.15) is 10.1 Å². The van der Waals surface area contributed by atoms with Crippen LogP contribution in [0.3, 0.4) is 0 Å². The number of nitrogens with zero attached hydrogens (tertiary/aromatic N) is 4. The quantitative estimate of drug-likeness (QED) is 0.688. The Kier molecular flexibility index (Phi) is 4.68. The first-order valence-corrected chi connectivity index (χ1v) is 11.6. The summed E-state index contributed by atoms with van der Waals surface area (Å²) in [5.74, 6) is 1.80. The van der Waals surface area contributed by atoms with Crippen LogP contribution in [0.5, 0.6) is 5.88 Å². The Labute approximate surface area is 183 Å². The Balaban J connectivity index is 1.29. The van der Waals surface area contributed by atoms with E-state index in [0.29, 0.717) is 24.7 Å². The summed E-state index contributed by atoms with van der Waals surface area (Å²) in [5, 5.41) is 8.15. The second-order valence-corrected chi connectivity index (χ2v) is 9.01. The average Bonchev–Trinajstić information content (AvgIpc) is 3.34. The zero-order valence-corrected chi connectivity index (χ0v) is 18.0. The molecule has 0 unspecified atom stereocenters. The lowest BCUT2D eigenvalue weighted by Gasteiger charge is -2.44. The third-order valence-corrected chi connectivity index (χ3v) is 7.12. The van der Waals surface area contributed by atoms with E-state index in [1.807, 2.05) is 16.9 Å². The molecule has 3 aliphatic rings. The van der Waals surface area contributed by atoms with Crippen molar-refractivity contribution < 1.29 is 4.74 Å². The van der Waals surface area contributed by atoms with Crippen LogP contribution in [0.4, 0.5) is 5.82 Å². The molecule has 2 aromatic heterocycles. The second-order valence-electron chi connectivity index (χ2n) is 9.01. The summed E-state index contributed by atoms with van der Waals surface area (Å²) in [6.45, 7) is 3.75. The molecule has 2 saturated heterocycles. The lowest BCUT2D eigenvalue weighted by molar-refractivity contribution is 0.216. The average molecular weight is 416 g/mol. The fraction of sp³-hybridized carbons (Fsp3) is 0.440. The Bertz CT molecular complexity index is 1070. The molecule has 3 aliphatic heterocycles. The van der Waals surface area contributed by atoms with Crippen LogP contribution < -0.4 is 15.0 Å². The van der Waals surface area contributed by atoms with E-state index in [4.69, 9.17) is 9.72 Å². The van der Waals surface area contributed by atoms with Gasteiger partial charge in [0.1, 0.15) is 12.4 Å². The molecular weight excluding hydrogens is 386 g/mol. The van der Waals surface area contributed by atoms with Crippen LogP contribution in [0, 0.1) is 0 Å². The van der Waals surface area contributed by atoms with Gasteiger partial charge in [0.15, 0.2) is 0 Å². The number of fused-ring (bicyclic) bond motifs is 5. The molecule has 6 heteroatoms. The summed E-state index contributed by atoms with van der Waals surface area (Å²) >= 11 is 0. The minimum atomic E-state index is 0.539. The first-order valence-electron chi connectivity index (χ1n) is 11.6. The number of hydrogen-bond donors (Lipinski definition) is 1.